The Balaban J connectivity index is 1.36. The summed E-state index contributed by atoms with van der Waals surface area (Å²) < 4.78 is 2.16. The number of piperidine rings is 2. The molecule has 1 amide bonds. The van der Waals surface area contributed by atoms with Crippen molar-refractivity contribution in [3.05, 3.63) is 48.0 Å². The van der Waals surface area contributed by atoms with Gasteiger partial charge in [-0.05, 0) is 57.2 Å². The van der Waals surface area contributed by atoms with Crippen molar-refractivity contribution in [1.29, 1.82) is 0 Å². The van der Waals surface area contributed by atoms with Gasteiger partial charge in [0.1, 0.15) is 12.2 Å². The molecule has 0 atom stereocenters. The van der Waals surface area contributed by atoms with Gasteiger partial charge in [-0.25, -0.2) is 0 Å². The van der Waals surface area contributed by atoms with Crippen LogP contribution in [0.1, 0.15) is 57.0 Å². The number of benzene rings is 1. The summed E-state index contributed by atoms with van der Waals surface area (Å²) in [5, 5.41) is 8.42. The predicted molar refractivity (Wildman–Crippen MR) is 108 cm³/mol. The smallest absolute Gasteiger partial charge is 0.222 e. The number of nitrogens with zero attached hydrogens (tertiary/aromatic N) is 5. The lowest BCUT2D eigenvalue weighted by atomic mass is 9.72. The second kappa shape index (κ2) is 8.03. The third-order valence-electron chi connectivity index (χ3n) is 6.45. The molecule has 2 saturated heterocycles. The number of hydrogen-bond donors (Lipinski definition) is 0. The molecule has 1 aromatic heterocycles. The van der Waals surface area contributed by atoms with Gasteiger partial charge in [-0.1, -0.05) is 30.3 Å². The van der Waals surface area contributed by atoms with Crippen LogP contribution in [0.2, 0.25) is 0 Å². The minimum absolute atomic E-state index is 0.283. The molecule has 3 heterocycles. The van der Waals surface area contributed by atoms with Crippen molar-refractivity contribution < 1.29 is 4.79 Å². The van der Waals surface area contributed by atoms with Gasteiger partial charge in [-0.3, -0.25) is 9.69 Å². The summed E-state index contributed by atoms with van der Waals surface area (Å²) in [5.74, 6) is 1.36. The second-order valence-electron chi connectivity index (χ2n) is 8.76. The van der Waals surface area contributed by atoms with E-state index in [0.29, 0.717) is 18.4 Å². The molecule has 0 N–H and O–H groups in total. The van der Waals surface area contributed by atoms with E-state index in [-0.39, 0.29) is 5.41 Å². The lowest BCUT2D eigenvalue weighted by molar-refractivity contribution is -0.140. The van der Waals surface area contributed by atoms with Crippen LogP contribution in [-0.4, -0.2) is 50.1 Å². The molecular formula is C22H31N5O. The topological polar surface area (TPSA) is 54.3 Å². The molecular weight excluding hydrogens is 350 g/mol. The third-order valence-corrected chi connectivity index (χ3v) is 6.45. The summed E-state index contributed by atoms with van der Waals surface area (Å²) in [4.78, 5) is 17.1. The van der Waals surface area contributed by atoms with Gasteiger partial charge in [-0.2, -0.15) is 0 Å². The van der Waals surface area contributed by atoms with Crippen molar-refractivity contribution in [1.82, 2.24) is 24.6 Å². The standard InChI is InChI=1S/C22H31N5O/c1-18(2)27-17-23-24-20(27)15-25-12-10-22(11-13-25)9-8-21(28)26(16-22)14-19-6-4-3-5-7-19/h3-7,17-18H,8-16H2,1-2H3. The van der Waals surface area contributed by atoms with E-state index in [1.54, 1.807) is 0 Å². The van der Waals surface area contributed by atoms with Gasteiger partial charge in [0, 0.05) is 25.6 Å². The molecule has 0 unspecified atom stereocenters. The third kappa shape index (κ3) is 4.12. The molecule has 28 heavy (non-hydrogen) atoms. The molecule has 0 radical (unpaired) electrons. The molecule has 0 saturated carbocycles. The first-order valence-electron chi connectivity index (χ1n) is 10.5. The Kier molecular flexibility index (Phi) is 5.49. The van der Waals surface area contributed by atoms with Crippen LogP contribution in [0.25, 0.3) is 0 Å². The van der Waals surface area contributed by atoms with E-state index in [4.69, 9.17) is 0 Å². The zero-order chi connectivity index (χ0) is 19.6. The summed E-state index contributed by atoms with van der Waals surface area (Å²) in [6, 6.07) is 10.7. The van der Waals surface area contributed by atoms with E-state index in [1.165, 1.54) is 5.56 Å². The first-order chi connectivity index (χ1) is 13.5. The Morgan fingerprint density at radius 2 is 1.82 bits per heavy atom. The number of rotatable bonds is 5. The van der Waals surface area contributed by atoms with Crippen LogP contribution < -0.4 is 0 Å². The SMILES string of the molecule is CC(C)n1cnnc1CN1CCC2(CCC(=O)N(Cc3ccccc3)C2)CC1. The van der Waals surface area contributed by atoms with E-state index in [0.717, 1.165) is 57.8 Å². The second-order valence-corrected chi connectivity index (χ2v) is 8.76. The van der Waals surface area contributed by atoms with E-state index in [2.05, 4.69) is 50.5 Å². The van der Waals surface area contributed by atoms with Crippen molar-refractivity contribution >= 4 is 5.91 Å². The van der Waals surface area contributed by atoms with Crippen LogP contribution in [0, 0.1) is 5.41 Å². The van der Waals surface area contributed by atoms with Gasteiger partial charge in [0.05, 0.1) is 6.54 Å². The Bertz CT molecular complexity index is 792. The minimum atomic E-state index is 0.283. The highest BCUT2D eigenvalue weighted by molar-refractivity contribution is 5.77. The molecule has 2 aromatic rings. The summed E-state index contributed by atoms with van der Waals surface area (Å²) in [6.07, 6.45) is 5.87. The fourth-order valence-corrected chi connectivity index (χ4v) is 4.65. The van der Waals surface area contributed by atoms with Crippen molar-refractivity contribution in [3.8, 4) is 0 Å². The summed E-state index contributed by atoms with van der Waals surface area (Å²) in [7, 11) is 0. The molecule has 4 rings (SSSR count). The van der Waals surface area contributed by atoms with Gasteiger partial charge >= 0.3 is 0 Å². The van der Waals surface area contributed by atoms with Crippen LogP contribution in [0.4, 0.5) is 0 Å². The zero-order valence-electron chi connectivity index (χ0n) is 17.0. The fraction of sp³-hybridized carbons (Fsp3) is 0.591. The molecule has 0 bridgehead atoms. The average Bonchev–Trinajstić information content (AvgIpc) is 3.16. The Hall–Kier alpha value is -2.21. The normalized spacial score (nSPS) is 20.2. The average molecular weight is 382 g/mol. The summed E-state index contributed by atoms with van der Waals surface area (Å²) >= 11 is 0. The van der Waals surface area contributed by atoms with Crippen LogP contribution in [0.15, 0.2) is 36.7 Å². The molecule has 1 spiro atoms. The van der Waals surface area contributed by atoms with Crippen LogP contribution in [0.5, 0.6) is 0 Å². The Morgan fingerprint density at radius 1 is 1.07 bits per heavy atom. The molecule has 6 heteroatoms. The van der Waals surface area contributed by atoms with Crippen molar-refractivity contribution in [2.24, 2.45) is 5.41 Å². The van der Waals surface area contributed by atoms with Crippen molar-refractivity contribution in [3.63, 3.8) is 0 Å². The number of hydrogen-bond acceptors (Lipinski definition) is 4. The quantitative estimate of drug-likeness (QED) is 0.798. The number of likely N-dealkylation sites (tertiary alicyclic amines) is 2. The minimum Gasteiger partial charge on any atom is -0.338 e. The molecule has 2 aliphatic rings. The van der Waals surface area contributed by atoms with Gasteiger partial charge in [-0.15, -0.1) is 10.2 Å². The summed E-state index contributed by atoms with van der Waals surface area (Å²) in [5.41, 5.74) is 1.50. The Morgan fingerprint density at radius 3 is 2.54 bits per heavy atom. The number of carbonyl (C=O) groups is 1. The lowest BCUT2D eigenvalue weighted by Crippen LogP contribution is -2.51. The molecule has 2 aliphatic heterocycles. The lowest BCUT2D eigenvalue weighted by Gasteiger charge is -2.47. The van der Waals surface area contributed by atoms with Crippen LogP contribution in [0.3, 0.4) is 0 Å². The van der Waals surface area contributed by atoms with Crippen LogP contribution in [-0.2, 0) is 17.9 Å². The molecule has 6 nitrogen and oxygen atoms in total. The van der Waals surface area contributed by atoms with Crippen molar-refractivity contribution in [2.75, 3.05) is 19.6 Å². The summed E-state index contributed by atoms with van der Waals surface area (Å²) in [6.45, 7) is 8.97. The molecule has 0 aliphatic carbocycles. The number of amides is 1. The maximum atomic E-state index is 12.5. The van der Waals surface area contributed by atoms with Gasteiger partial charge in [0.15, 0.2) is 0 Å². The maximum Gasteiger partial charge on any atom is 0.222 e. The zero-order valence-corrected chi connectivity index (χ0v) is 17.0. The monoisotopic (exact) mass is 381 g/mol. The van der Waals surface area contributed by atoms with E-state index in [9.17, 15) is 4.79 Å². The first kappa shape index (κ1) is 19.1. The Labute approximate surface area is 167 Å². The highest BCUT2D eigenvalue weighted by atomic mass is 16.2. The molecule has 1 aromatic carbocycles. The largest absolute Gasteiger partial charge is 0.338 e. The first-order valence-corrected chi connectivity index (χ1v) is 10.5. The van der Waals surface area contributed by atoms with Crippen molar-refractivity contribution in [2.45, 2.75) is 58.7 Å². The molecule has 2 fully saturated rings. The fourth-order valence-electron chi connectivity index (χ4n) is 4.65. The van der Waals surface area contributed by atoms with E-state index >= 15 is 0 Å². The molecule has 150 valence electrons. The van der Waals surface area contributed by atoms with Gasteiger partial charge < -0.3 is 9.47 Å². The highest BCUT2D eigenvalue weighted by Gasteiger charge is 2.41. The highest BCUT2D eigenvalue weighted by Crippen LogP contribution is 2.40. The van der Waals surface area contributed by atoms with Gasteiger partial charge in [0.25, 0.3) is 0 Å². The maximum absolute atomic E-state index is 12.5. The van der Waals surface area contributed by atoms with Gasteiger partial charge in [0.2, 0.25) is 5.91 Å². The van der Waals surface area contributed by atoms with E-state index in [1.807, 2.05) is 24.5 Å². The number of aromatic nitrogens is 3. The van der Waals surface area contributed by atoms with Crippen LogP contribution >= 0.6 is 0 Å². The van der Waals surface area contributed by atoms with E-state index < -0.39 is 0 Å². The predicted octanol–water partition coefficient (Wildman–Crippen LogP) is 3.26. The number of carbonyl (C=O) groups excluding carboxylic acids is 1.